The molecule has 0 spiro atoms. The van der Waals surface area contributed by atoms with Gasteiger partial charge in [-0.3, -0.25) is 0 Å². The summed E-state index contributed by atoms with van der Waals surface area (Å²) in [6, 6.07) is 11.8. The Labute approximate surface area is 293 Å². The number of aromatic nitrogens is 4. The number of H-pyrrole nitrogens is 2. The molecule has 0 unspecified atom stereocenters. The first-order valence-corrected chi connectivity index (χ1v) is 15.4. The van der Waals surface area contributed by atoms with Crippen molar-refractivity contribution in [2.45, 2.75) is 25.9 Å². The Kier molecular flexibility index (Phi) is 13.4. The maximum Gasteiger partial charge on any atom is 0.189 e. The highest BCUT2D eigenvalue weighted by Gasteiger charge is 2.30. The minimum atomic E-state index is -0.723. The molecule has 22 heteroatoms. The van der Waals surface area contributed by atoms with Gasteiger partial charge < -0.3 is 30.7 Å². The van der Waals surface area contributed by atoms with Gasteiger partial charge in [0.05, 0.1) is 43.7 Å². The molecule has 218 valence electrons. The molecule has 2 aromatic carbocycles. The highest BCUT2D eigenvalue weighted by atomic mass is 16.4. The predicted octanol–water partition coefficient (Wildman–Crippen LogP) is -0.980. The Balaban J connectivity index is 0.000000168. The van der Waals surface area contributed by atoms with Gasteiger partial charge in [0.25, 0.3) is 0 Å². The van der Waals surface area contributed by atoms with E-state index in [9.17, 15) is 0 Å². The molecule has 0 fully saturated rings. The number of nitrogens with zero attached hydrogens (tertiary/aromatic N) is 6. The van der Waals surface area contributed by atoms with Crippen molar-refractivity contribution < 1.29 is 5.21 Å². The number of nitrogens with two attached hydrogens (primary N) is 1. The van der Waals surface area contributed by atoms with Gasteiger partial charge in [-0.25, -0.2) is 14.8 Å². The zero-order valence-corrected chi connectivity index (χ0v) is 26.7. The van der Waals surface area contributed by atoms with Gasteiger partial charge in [-0.2, -0.15) is 0 Å². The molecule has 0 saturated carbocycles. The van der Waals surface area contributed by atoms with E-state index in [1.807, 2.05) is 42.7 Å². The molecule has 0 aliphatic carbocycles. The van der Waals surface area contributed by atoms with E-state index in [0.717, 1.165) is 61.7 Å². The van der Waals surface area contributed by atoms with E-state index >= 15 is 0 Å². The standard InChI is InChI=1S/C13H15N5O.C13H12N4.B12/c14-13(17-19)10-2-1-9-3-4-18(12(9)5-10)7-11-6-15-8-16-11;1-14-11-3-2-10-4-5-17(13(10)6-11)8-12-7-15-9-16-12;1-8(2)11(7)12(9(3)4)10(5)6/h1-2,5-6,8,19H,3-4,7H2,(H2,14,17)(H,15,16);2-3,6-7,9H,4-5,8H2,(H,15,16);. The van der Waals surface area contributed by atoms with Crippen molar-refractivity contribution >= 4 is 109 Å². The van der Waals surface area contributed by atoms with Crippen molar-refractivity contribution in [3.8, 4) is 0 Å². The van der Waals surface area contributed by atoms with Crippen LogP contribution in [0.4, 0.5) is 17.1 Å². The van der Waals surface area contributed by atoms with Gasteiger partial charge in [-0.05, 0) is 36.1 Å². The van der Waals surface area contributed by atoms with E-state index < -0.39 is 31.9 Å². The summed E-state index contributed by atoms with van der Waals surface area (Å²) < 4.78 is 0. The average Bonchev–Trinajstić information content (AvgIpc) is 3.90. The van der Waals surface area contributed by atoms with Crippen molar-refractivity contribution in [2.24, 2.45) is 10.9 Å². The average molecular weight is 611 g/mol. The number of anilines is 2. The number of amidine groups is 1. The maximum absolute atomic E-state index is 8.75. The zero-order chi connectivity index (χ0) is 34.8. The third kappa shape index (κ3) is 9.55. The molecule has 48 heavy (non-hydrogen) atoms. The molecule has 0 bridgehead atoms. The van der Waals surface area contributed by atoms with Crippen molar-refractivity contribution in [3.63, 3.8) is 0 Å². The fourth-order valence-corrected chi connectivity index (χ4v) is 5.67. The number of imidazole rings is 2. The fraction of sp³-hybridized carbons (Fsp3) is 0.231. The fourth-order valence-electron chi connectivity index (χ4n) is 5.67. The lowest BCUT2D eigenvalue weighted by atomic mass is 8.53. The summed E-state index contributed by atoms with van der Waals surface area (Å²) in [5.41, 5.74) is 14.2. The topological polar surface area (TPSA) is 127 Å². The summed E-state index contributed by atoms with van der Waals surface area (Å²) in [5, 5.41) is 11.8. The van der Waals surface area contributed by atoms with Crippen molar-refractivity contribution in [1.82, 2.24) is 19.9 Å². The number of hydrogen-bond donors (Lipinski definition) is 4. The molecule has 10 nitrogen and oxygen atoms in total. The normalized spacial score (nSPS) is 12.8. The highest BCUT2D eigenvalue weighted by molar-refractivity contribution is 8.05. The zero-order valence-electron chi connectivity index (χ0n) is 26.7. The Morgan fingerprint density at radius 2 is 1.35 bits per heavy atom. The summed E-state index contributed by atoms with van der Waals surface area (Å²) in [6.45, 7) is 10.6. The lowest BCUT2D eigenvalue weighted by molar-refractivity contribution is 0.318. The van der Waals surface area contributed by atoms with Crippen molar-refractivity contribution in [1.29, 1.82) is 0 Å². The van der Waals surface area contributed by atoms with Gasteiger partial charge >= 0.3 is 0 Å². The molecule has 2 aliphatic heterocycles. The van der Waals surface area contributed by atoms with Crippen LogP contribution < -0.4 is 15.5 Å². The molecular formula is C26H27B12N9O. The van der Waals surface area contributed by atoms with Crippen LogP contribution in [-0.4, -0.2) is 130 Å². The van der Waals surface area contributed by atoms with Gasteiger partial charge in [-0.1, -0.05) is 29.4 Å². The van der Waals surface area contributed by atoms with Crippen LogP contribution in [-0.2, 0) is 25.9 Å². The third-order valence-electron chi connectivity index (χ3n) is 8.28. The van der Waals surface area contributed by atoms with Crippen LogP contribution in [0.25, 0.3) is 4.85 Å². The second-order valence-electron chi connectivity index (χ2n) is 11.6. The molecule has 2 aromatic heterocycles. The molecule has 5 N–H and O–H groups in total. The molecular weight excluding hydrogens is 584 g/mol. The molecule has 0 saturated heterocycles. The third-order valence-corrected chi connectivity index (χ3v) is 8.28. The van der Waals surface area contributed by atoms with Crippen LogP contribution in [0.3, 0.4) is 0 Å². The van der Waals surface area contributed by atoms with E-state index in [1.54, 1.807) is 12.7 Å². The molecule has 2 aliphatic rings. The Morgan fingerprint density at radius 3 is 1.77 bits per heavy atom. The van der Waals surface area contributed by atoms with Gasteiger partial charge in [0, 0.05) is 129 Å². The van der Waals surface area contributed by atoms with Gasteiger partial charge in [-0.15, -0.1) is 0 Å². The Hall–Kier alpha value is -4.00. The molecule has 0 amide bonds. The lowest BCUT2D eigenvalue weighted by Crippen LogP contribution is -2.67. The molecule has 6 rings (SSSR count). The number of oxime groups is 1. The smallest absolute Gasteiger partial charge is 0.189 e. The Bertz CT molecular complexity index is 1660. The van der Waals surface area contributed by atoms with Crippen LogP contribution in [0.15, 0.2) is 66.6 Å². The van der Waals surface area contributed by atoms with Crippen LogP contribution >= 0.6 is 0 Å². The summed E-state index contributed by atoms with van der Waals surface area (Å²) in [5.74, 6) is 0.135. The number of hydrogen-bond acceptors (Lipinski definition) is 6. The minimum Gasteiger partial charge on any atom is -0.409 e. The predicted molar refractivity (Wildman–Crippen MR) is 207 cm³/mol. The summed E-state index contributed by atoms with van der Waals surface area (Å²) in [6.07, 6.45) is 5.89. The Morgan fingerprint density at radius 1 is 0.833 bits per heavy atom. The largest absolute Gasteiger partial charge is 0.409 e. The molecule has 14 radical (unpaired) electrons. The summed E-state index contributed by atoms with van der Waals surface area (Å²) in [7, 11) is 37.9. The summed E-state index contributed by atoms with van der Waals surface area (Å²) >= 11 is 0. The first-order valence-electron chi connectivity index (χ1n) is 15.4. The molecule has 0 atom stereocenters. The van der Waals surface area contributed by atoms with Crippen LogP contribution in [0, 0.1) is 6.57 Å². The van der Waals surface area contributed by atoms with Crippen molar-refractivity contribution in [3.05, 3.63) is 101 Å². The highest BCUT2D eigenvalue weighted by Crippen LogP contribution is 2.33. The van der Waals surface area contributed by atoms with Gasteiger partial charge in [0.2, 0.25) is 0 Å². The van der Waals surface area contributed by atoms with E-state index in [2.05, 4.69) is 45.8 Å². The van der Waals surface area contributed by atoms with E-state index in [1.165, 1.54) is 16.8 Å². The number of benzene rings is 2. The van der Waals surface area contributed by atoms with Crippen LogP contribution in [0.1, 0.15) is 28.1 Å². The van der Waals surface area contributed by atoms with E-state index in [4.69, 9.17) is 71.7 Å². The molecule has 4 aromatic rings. The first-order chi connectivity index (χ1) is 23.0. The van der Waals surface area contributed by atoms with Gasteiger partial charge in [0.15, 0.2) is 11.5 Å². The minimum absolute atomic E-state index is 0.135. The summed E-state index contributed by atoms with van der Waals surface area (Å²) in [4.78, 5) is 22.3. The number of aromatic amines is 2. The number of nitrogens with one attached hydrogen (secondary N) is 2. The van der Waals surface area contributed by atoms with Crippen molar-refractivity contribution in [2.75, 3.05) is 22.9 Å². The monoisotopic (exact) mass is 613 g/mol. The maximum atomic E-state index is 8.75. The van der Waals surface area contributed by atoms with Gasteiger partial charge in [0.1, 0.15) is 0 Å². The second-order valence-corrected chi connectivity index (χ2v) is 11.6. The number of fused-ring (bicyclic) bond motifs is 2. The van der Waals surface area contributed by atoms with E-state index in [-0.39, 0.29) is 5.84 Å². The lowest BCUT2D eigenvalue weighted by Gasteiger charge is -2.29. The van der Waals surface area contributed by atoms with Crippen LogP contribution in [0.5, 0.6) is 0 Å². The molecule has 4 heterocycles. The number of rotatable bonds is 9. The first kappa shape index (κ1) is 36.8. The van der Waals surface area contributed by atoms with Crippen LogP contribution in [0.2, 0.25) is 0 Å². The van der Waals surface area contributed by atoms with E-state index in [0.29, 0.717) is 5.69 Å². The quantitative estimate of drug-likeness (QED) is 0.0482. The second kappa shape index (κ2) is 17.4. The SMILES string of the molecule is N/C(=N/O)c1ccc2c(c1)N(Cc1cnc[nH]1)CC2.[B]B([B])B([B])B(B([B])[B])B([B])[B].[C-]#[N+]c1ccc2c(c1)N(Cc1cnc[nH]1)CC2.